The molecule has 2 N–H and O–H groups in total. The van der Waals surface area contributed by atoms with Gasteiger partial charge in [0.2, 0.25) is 0 Å². The van der Waals surface area contributed by atoms with Crippen molar-refractivity contribution >= 4 is 62.8 Å². The number of benzene rings is 3. The number of anilines is 1. The molecular formula is C27H21BrN2O6S. The summed E-state index contributed by atoms with van der Waals surface area (Å²) in [4.78, 5) is 38.7. The summed E-state index contributed by atoms with van der Waals surface area (Å²) in [5.41, 5.74) is 2.55. The summed E-state index contributed by atoms with van der Waals surface area (Å²) < 4.78 is 12.3. The number of halogens is 1. The highest BCUT2D eigenvalue weighted by Crippen LogP contribution is 2.34. The molecule has 0 aliphatic carbocycles. The molecule has 1 aliphatic heterocycles. The predicted molar refractivity (Wildman–Crippen MR) is 146 cm³/mol. The van der Waals surface area contributed by atoms with Gasteiger partial charge in [-0.25, -0.2) is 4.79 Å². The summed E-state index contributed by atoms with van der Waals surface area (Å²) in [6.07, 6.45) is 1.44. The zero-order valence-electron chi connectivity index (χ0n) is 19.8. The van der Waals surface area contributed by atoms with Crippen molar-refractivity contribution in [2.45, 2.75) is 13.5 Å². The van der Waals surface area contributed by atoms with Crippen molar-refractivity contribution in [2.75, 3.05) is 12.0 Å². The molecule has 188 valence electrons. The van der Waals surface area contributed by atoms with E-state index < -0.39 is 17.8 Å². The van der Waals surface area contributed by atoms with E-state index in [1.54, 1.807) is 42.5 Å². The number of carbonyl (C=O) groups is 3. The summed E-state index contributed by atoms with van der Waals surface area (Å²) in [7, 11) is 1.48. The highest BCUT2D eigenvalue weighted by atomic mass is 79.9. The summed E-state index contributed by atoms with van der Waals surface area (Å²) in [5.74, 6) is -1.50. The van der Waals surface area contributed by atoms with E-state index in [1.807, 2.05) is 13.0 Å². The molecule has 1 heterocycles. The lowest BCUT2D eigenvalue weighted by atomic mass is 10.0. The standard InChI is InChI=1S/C27H21BrN2O6S/c1-15-12-19(28)10-11-21(15)30-25(32)20(24(31)29-27(30)37)13-18-4-3-5-22(35-2)23(18)36-14-16-6-8-17(9-7-16)26(33)34/h3-13H,14H2,1-2H3,(H,33,34)(H,29,31,37)/b20-13+. The van der Waals surface area contributed by atoms with Crippen LogP contribution >= 0.6 is 28.1 Å². The average Bonchev–Trinajstić information content (AvgIpc) is 2.86. The van der Waals surface area contributed by atoms with Crippen molar-refractivity contribution < 1.29 is 29.0 Å². The number of amides is 2. The van der Waals surface area contributed by atoms with Crippen LogP contribution in [0.1, 0.15) is 27.0 Å². The fourth-order valence-corrected chi connectivity index (χ4v) is 4.51. The van der Waals surface area contributed by atoms with Crippen LogP contribution in [0.15, 0.2) is 70.7 Å². The molecule has 0 unspecified atom stereocenters. The van der Waals surface area contributed by atoms with Crippen LogP contribution in [0.25, 0.3) is 6.08 Å². The Kier molecular flexibility index (Phi) is 7.70. The van der Waals surface area contributed by atoms with Crippen molar-refractivity contribution in [1.29, 1.82) is 0 Å². The maximum absolute atomic E-state index is 13.5. The highest BCUT2D eigenvalue weighted by Gasteiger charge is 2.35. The molecule has 0 atom stereocenters. The molecule has 1 fully saturated rings. The lowest BCUT2D eigenvalue weighted by molar-refractivity contribution is -0.122. The van der Waals surface area contributed by atoms with Gasteiger partial charge in [0.05, 0.1) is 18.4 Å². The number of carboxylic acid groups (broad SMARTS) is 1. The Bertz CT molecular complexity index is 1450. The largest absolute Gasteiger partial charge is 0.493 e. The maximum atomic E-state index is 13.5. The second-order valence-corrected chi connectivity index (χ2v) is 9.36. The topological polar surface area (TPSA) is 105 Å². The molecule has 0 spiro atoms. The number of ether oxygens (including phenoxy) is 2. The minimum Gasteiger partial charge on any atom is -0.493 e. The molecule has 0 bridgehead atoms. The van der Waals surface area contributed by atoms with E-state index in [4.69, 9.17) is 26.8 Å². The van der Waals surface area contributed by atoms with Crippen LogP contribution in [-0.4, -0.2) is 35.1 Å². The van der Waals surface area contributed by atoms with Gasteiger partial charge in [0.15, 0.2) is 16.6 Å². The van der Waals surface area contributed by atoms with Gasteiger partial charge in [-0.3, -0.25) is 19.8 Å². The number of thiocarbonyl (C=S) groups is 1. The molecule has 10 heteroatoms. The van der Waals surface area contributed by atoms with Crippen molar-refractivity contribution in [1.82, 2.24) is 5.32 Å². The Balaban J connectivity index is 1.69. The van der Waals surface area contributed by atoms with Crippen molar-refractivity contribution in [3.05, 3.63) is 93.0 Å². The summed E-state index contributed by atoms with van der Waals surface area (Å²) in [6, 6.07) is 16.7. The SMILES string of the molecule is COc1cccc(/C=C2\C(=O)NC(=S)N(c3ccc(Br)cc3C)C2=O)c1OCc1ccc(C(=O)O)cc1. The first-order valence-electron chi connectivity index (χ1n) is 11.0. The summed E-state index contributed by atoms with van der Waals surface area (Å²) >= 11 is 8.72. The number of carboxylic acids is 1. The molecule has 1 saturated heterocycles. The highest BCUT2D eigenvalue weighted by molar-refractivity contribution is 9.10. The van der Waals surface area contributed by atoms with Crippen LogP contribution < -0.4 is 19.7 Å². The number of nitrogens with zero attached hydrogens (tertiary/aromatic N) is 1. The zero-order chi connectivity index (χ0) is 26.7. The lowest BCUT2D eigenvalue weighted by Gasteiger charge is -2.30. The molecule has 2 amide bonds. The normalized spacial score (nSPS) is 14.5. The van der Waals surface area contributed by atoms with Crippen LogP contribution in [0.5, 0.6) is 11.5 Å². The monoisotopic (exact) mass is 580 g/mol. The molecule has 0 aromatic heterocycles. The molecular weight excluding hydrogens is 560 g/mol. The molecule has 3 aromatic carbocycles. The van der Waals surface area contributed by atoms with E-state index in [-0.39, 0.29) is 22.9 Å². The van der Waals surface area contributed by atoms with Gasteiger partial charge in [0, 0.05) is 10.0 Å². The molecule has 0 radical (unpaired) electrons. The quantitative estimate of drug-likeness (QED) is 0.233. The van der Waals surface area contributed by atoms with Crippen molar-refractivity contribution in [2.24, 2.45) is 0 Å². The minimum absolute atomic E-state index is 0.00973. The molecule has 37 heavy (non-hydrogen) atoms. The van der Waals surface area contributed by atoms with Crippen molar-refractivity contribution in [3.8, 4) is 11.5 Å². The van der Waals surface area contributed by atoms with Gasteiger partial charge in [-0.2, -0.15) is 0 Å². The van der Waals surface area contributed by atoms with Crippen LogP contribution in [0.3, 0.4) is 0 Å². The van der Waals surface area contributed by atoms with E-state index in [0.717, 1.165) is 15.6 Å². The Labute approximate surface area is 226 Å². The van der Waals surface area contributed by atoms with E-state index in [9.17, 15) is 14.4 Å². The van der Waals surface area contributed by atoms with Gasteiger partial charge in [0.25, 0.3) is 11.8 Å². The van der Waals surface area contributed by atoms with Crippen LogP contribution in [0.4, 0.5) is 5.69 Å². The predicted octanol–water partition coefficient (Wildman–Crippen LogP) is 4.87. The first-order chi connectivity index (χ1) is 17.7. The molecule has 3 aromatic rings. The maximum Gasteiger partial charge on any atom is 0.335 e. The lowest BCUT2D eigenvalue weighted by Crippen LogP contribution is -2.54. The summed E-state index contributed by atoms with van der Waals surface area (Å²) in [5, 5.41) is 11.7. The van der Waals surface area contributed by atoms with E-state index in [0.29, 0.717) is 22.7 Å². The van der Waals surface area contributed by atoms with Crippen LogP contribution in [0.2, 0.25) is 0 Å². The first-order valence-corrected chi connectivity index (χ1v) is 12.2. The van der Waals surface area contributed by atoms with Crippen molar-refractivity contribution in [3.63, 3.8) is 0 Å². The number of rotatable bonds is 7. The average molecular weight is 581 g/mol. The molecule has 0 saturated carbocycles. The second-order valence-electron chi connectivity index (χ2n) is 8.06. The number of methoxy groups -OCH3 is 1. The van der Waals surface area contributed by atoms with Gasteiger partial charge in [-0.1, -0.05) is 40.2 Å². The van der Waals surface area contributed by atoms with Crippen LogP contribution in [-0.2, 0) is 16.2 Å². The van der Waals surface area contributed by atoms with Gasteiger partial charge in [-0.05, 0) is 72.7 Å². The van der Waals surface area contributed by atoms with Gasteiger partial charge in [0.1, 0.15) is 12.2 Å². The number of hydrogen-bond acceptors (Lipinski definition) is 6. The molecule has 4 rings (SSSR count). The number of carbonyl (C=O) groups excluding carboxylic acids is 2. The summed E-state index contributed by atoms with van der Waals surface area (Å²) in [6.45, 7) is 1.94. The first kappa shape index (κ1) is 26.1. The van der Waals surface area contributed by atoms with E-state index in [2.05, 4.69) is 21.2 Å². The van der Waals surface area contributed by atoms with E-state index in [1.165, 1.54) is 30.2 Å². The Morgan fingerprint density at radius 2 is 1.86 bits per heavy atom. The zero-order valence-corrected chi connectivity index (χ0v) is 22.2. The smallest absolute Gasteiger partial charge is 0.335 e. The number of para-hydroxylation sites is 1. The minimum atomic E-state index is -1.02. The fraction of sp³-hybridized carbons (Fsp3) is 0.111. The number of nitrogens with one attached hydrogen (secondary N) is 1. The Hall–Kier alpha value is -4.02. The van der Waals surface area contributed by atoms with E-state index >= 15 is 0 Å². The van der Waals surface area contributed by atoms with Crippen LogP contribution in [0, 0.1) is 6.92 Å². The third-order valence-corrected chi connectivity index (χ3v) is 6.39. The third kappa shape index (κ3) is 5.55. The number of hydrogen-bond donors (Lipinski definition) is 2. The molecule has 1 aliphatic rings. The fourth-order valence-electron chi connectivity index (χ4n) is 3.76. The van der Waals surface area contributed by atoms with Gasteiger partial charge in [-0.15, -0.1) is 0 Å². The van der Waals surface area contributed by atoms with Gasteiger partial charge < -0.3 is 14.6 Å². The number of aromatic carboxylic acids is 1. The second kappa shape index (κ2) is 10.9. The third-order valence-electron chi connectivity index (χ3n) is 5.61. The molecule has 8 nitrogen and oxygen atoms in total. The number of aryl methyl sites for hydroxylation is 1. The van der Waals surface area contributed by atoms with Gasteiger partial charge >= 0.3 is 5.97 Å². The Morgan fingerprint density at radius 3 is 2.51 bits per heavy atom. The Morgan fingerprint density at radius 1 is 1.14 bits per heavy atom.